The first kappa shape index (κ1) is 43.9. The van der Waals surface area contributed by atoms with Gasteiger partial charge in [0.2, 0.25) is 5.91 Å². The van der Waals surface area contributed by atoms with Gasteiger partial charge < -0.3 is 30.1 Å². The standard InChI is InChI=1S/C39H57NO10/c1-6-8-10-13-16-19-30(41)20-17-14-11-12-15-18-21-32(39(48,28-34(42)43)37(47)50-38(3,4)5)35(44)40-33(36(45)46)27-29-22-24-31(25-23-29)49-26-9-7-2/h18,21-25,32-33,48H,6,8,10-17,19-20,26-28H2,1-5H3,(H,40,44)(H,42,43)(H,45,46)/t32-,33+,39+/m1/s1. The van der Waals surface area contributed by atoms with Gasteiger partial charge in [-0.1, -0.05) is 75.7 Å². The number of carboxylic acids is 2. The molecule has 1 aromatic carbocycles. The van der Waals surface area contributed by atoms with Gasteiger partial charge in [0.25, 0.3) is 0 Å². The third-order valence-corrected chi connectivity index (χ3v) is 7.90. The summed E-state index contributed by atoms with van der Waals surface area (Å²) < 4.78 is 10.8. The number of aliphatic hydroxyl groups is 1. The molecule has 50 heavy (non-hydrogen) atoms. The maximum atomic E-state index is 13.7. The van der Waals surface area contributed by atoms with E-state index in [1.54, 1.807) is 37.3 Å². The van der Waals surface area contributed by atoms with Crippen LogP contribution in [0, 0.1) is 17.8 Å². The Balaban J connectivity index is 3.04. The molecular formula is C39H57NO10. The zero-order chi connectivity index (χ0) is 37.6. The molecule has 1 aromatic rings. The first-order valence-electron chi connectivity index (χ1n) is 17.6. The number of carbonyl (C=O) groups excluding carboxylic acids is 3. The summed E-state index contributed by atoms with van der Waals surface area (Å²) in [5, 5.41) is 33.5. The minimum absolute atomic E-state index is 0.141. The number of carboxylic acid groups (broad SMARTS) is 2. The molecule has 0 heterocycles. The molecule has 11 heteroatoms. The molecule has 1 rings (SSSR count). The van der Waals surface area contributed by atoms with Crippen molar-refractivity contribution in [1.82, 2.24) is 5.32 Å². The van der Waals surface area contributed by atoms with Crippen molar-refractivity contribution in [2.24, 2.45) is 5.92 Å². The lowest BCUT2D eigenvalue weighted by Crippen LogP contribution is -2.56. The quantitative estimate of drug-likeness (QED) is 0.0398. The summed E-state index contributed by atoms with van der Waals surface area (Å²) in [5.74, 6) is -0.771. The maximum absolute atomic E-state index is 13.7. The summed E-state index contributed by atoms with van der Waals surface area (Å²) in [5.41, 5.74) is -3.40. The van der Waals surface area contributed by atoms with Crippen LogP contribution in [0.3, 0.4) is 0 Å². The number of ketones is 1. The summed E-state index contributed by atoms with van der Waals surface area (Å²) in [7, 11) is 0. The minimum atomic E-state index is -2.83. The van der Waals surface area contributed by atoms with Gasteiger partial charge in [0.15, 0.2) is 5.60 Å². The second-order valence-electron chi connectivity index (χ2n) is 13.5. The van der Waals surface area contributed by atoms with Crippen LogP contribution in [0.5, 0.6) is 5.75 Å². The van der Waals surface area contributed by atoms with Crippen molar-refractivity contribution in [2.45, 2.75) is 142 Å². The van der Waals surface area contributed by atoms with E-state index in [0.29, 0.717) is 37.0 Å². The summed E-state index contributed by atoms with van der Waals surface area (Å²) in [6, 6.07) is 5.09. The summed E-state index contributed by atoms with van der Waals surface area (Å²) in [6.07, 6.45) is 11.7. The van der Waals surface area contributed by atoms with Crippen LogP contribution in [-0.2, 0) is 35.1 Å². The zero-order valence-electron chi connectivity index (χ0n) is 30.4. The molecule has 0 spiro atoms. The zero-order valence-corrected chi connectivity index (χ0v) is 30.4. The monoisotopic (exact) mass is 699 g/mol. The Bertz CT molecular complexity index is 1320. The number of allylic oxidation sites excluding steroid dienone is 1. The Morgan fingerprint density at radius 3 is 2.04 bits per heavy atom. The fraction of sp³-hybridized carbons (Fsp3) is 0.615. The van der Waals surface area contributed by atoms with Crippen LogP contribution < -0.4 is 10.1 Å². The van der Waals surface area contributed by atoms with E-state index in [2.05, 4.69) is 24.1 Å². The number of unbranched alkanes of at least 4 members (excludes halogenated alkanes) is 8. The fourth-order valence-corrected chi connectivity index (χ4v) is 5.20. The molecule has 11 nitrogen and oxygen atoms in total. The third-order valence-electron chi connectivity index (χ3n) is 7.90. The molecule has 0 unspecified atom stereocenters. The van der Waals surface area contributed by atoms with Crippen molar-refractivity contribution in [2.75, 3.05) is 6.61 Å². The minimum Gasteiger partial charge on any atom is -0.481 e. The first-order chi connectivity index (χ1) is 23.6. The molecule has 0 aliphatic carbocycles. The number of amides is 1. The highest BCUT2D eigenvalue weighted by Gasteiger charge is 2.51. The second-order valence-corrected chi connectivity index (χ2v) is 13.5. The van der Waals surface area contributed by atoms with Gasteiger partial charge in [-0.05, 0) is 71.1 Å². The number of carbonyl (C=O) groups is 5. The number of aliphatic carboxylic acids is 2. The average molecular weight is 700 g/mol. The van der Waals surface area contributed by atoms with E-state index in [1.807, 2.05) is 0 Å². The van der Waals surface area contributed by atoms with Gasteiger partial charge in [-0.15, -0.1) is 5.92 Å². The molecule has 0 aromatic heterocycles. The number of hydrogen-bond donors (Lipinski definition) is 4. The number of rotatable bonds is 25. The highest BCUT2D eigenvalue weighted by molar-refractivity contribution is 5.95. The Hall–Kier alpha value is -4.17. The van der Waals surface area contributed by atoms with E-state index in [1.165, 1.54) is 33.3 Å². The summed E-state index contributed by atoms with van der Waals surface area (Å²) in [6.45, 7) is 8.64. The topological polar surface area (TPSA) is 177 Å². The van der Waals surface area contributed by atoms with Gasteiger partial charge in [-0.25, -0.2) is 9.59 Å². The molecule has 0 saturated carbocycles. The van der Waals surface area contributed by atoms with Crippen molar-refractivity contribution in [3.63, 3.8) is 0 Å². The van der Waals surface area contributed by atoms with Crippen molar-refractivity contribution >= 4 is 29.6 Å². The lowest BCUT2D eigenvalue weighted by atomic mass is 9.82. The number of ether oxygens (including phenoxy) is 2. The Morgan fingerprint density at radius 2 is 1.50 bits per heavy atom. The molecule has 4 N–H and O–H groups in total. The van der Waals surface area contributed by atoms with Crippen molar-refractivity contribution in [3.8, 4) is 17.6 Å². The van der Waals surface area contributed by atoms with E-state index >= 15 is 0 Å². The molecule has 0 aliphatic heterocycles. The van der Waals surface area contributed by atoms with Crippen LogP contribution in [0.2, 0.25) is 0 Å². The number of Topliss-reactive ketones (excluding diaryl/α,β-unsaturated/α-hetero) is 1. The molecule has 3 atom stereocenters. The van der Waals surface area contributed by atoms with Crippen molar-refractivity contribution in [1.29, 1.82) is 0 Å². The van der Waals surface area contributed by atoms with Crippen LogP contribution >= 0.6 is 0 Å². The van der Waals surface area contributed by atoms with Gasteiger partial charge in [-0.2, -0.15) is 0 Å². The number of hydrogen-bond acceptors (Lipinski definition) is 8. The molecule has 1 amide bonds. The van der Waals surface area contributed by atoms with Crippen LogP contribution in [0.25, 0.3) is 0 Å². The van der Waals surface area contributed by atoms with Gasteiger partial charge in [0, 0.05) is 19.3 Å². The van der Waals surface area contributed by atoms with Crippen LogP contribution in [0.15, 0.2) is 36.4 Å². The summed E-state index contributed by atoms with van der Waals surface area (Å²) >= 11 is 0. The third kappa shape index (κ3) is 18.0. The molecular weight excluding hydrogens is 642 g/mol. The van der Waals surface area contributed by atoms with Gasteiger partial charge >= 0.3 is 17.9 Å². The fourth-order valence-electron chi connectivity index (χ4n) is 5.20. The lowest BCUT2D eigenvalue weighted by molar-refractivity contribution is -0.187. The molecule has 0 saturated heterocycles. The van der Waals surface area contributed by atoms with Gasteiger partial charge in [-0.3, -0.25) is 14.4 Å². The molecule has 0 aliphatic rings. The number of benzene rings is 1. The predicted octanol–water partition coefficient (Wildman–Crippen LogP) is 6.19. The average Bonchev–Trinajstić information content (AvgIpc) is 3.03. The van der Waals surface area contributed by atoms with E-state index in [0.717, 1.165) is 44.9 Å². The Morgan fingerprint density at radius 1 is 0.900 bits per heavy atom. The Labute approximate surface area is 297 Å². The number of esters is 1. The van der Waals surface area contributed by atoms with Crippen molar-refractivity contribution < 1.29 is 48.8 Å². The SMILES string of the molecule is CC#CCOc1ccc(C[C@H](NC(=O)[C@@H](C=CCCCCCCC(=O)CCCCCCC)[C@@](O)(CC(=O)O)C(=O)OC(C)(C)C)C(=O)O)cc1. The smallest absolute Gasteiger partial charge is 0.340 e. The Kier molecular flexibility index (Phi) is 20.4. The highest BCUT2D eigenvalue weighted by atomic mass is 16.6. The number of nitrogens with one attached hydrogen (secondary N) is 1. The van der Waals surface area contributed by atoms with Crippen LogP contribution in [0.1, 0.15) is 124 Å². The maximum Gasteiger partial charge on any atom is 0.340 e. The lowest BCUT2D eigenvalue weighted by Gasteiger charge is -2.33. The van der Waals surface area contributed by atoms with E-state index in [4.69, 9.17) is 9.47 Å². The van der Waals surface area contributed by atoms with E-state index in [9.17, 15) is 39.3 Å². The predicted molar refractivity (Wildman–Crippen MR) is 190 cm³/mol. The largest absolute Gasteiger partial charge is 0.481 e. The van der Waals surface area contributed by atoms with Gasteiger partial charge in [0.05, 0.1) is 12.3 Å². The normalized spacial score (nSPS) is 13.7. The van der Waals surface area contributed by atoms with Crippen molar-refractivity contribution in [3.05, 3.63) is 42.0 Å². The second kappa shape index (κ2) is 23.3. The van der Waals surface area contributed by atoms with Crippen LogP contribution in [0.4, 0.5) is 0 Å². The summed E-state index contributed by atoms with van der Waals surface area (Å²) in [4.78, 5) is 63.2. The molecule has 0 radical (unpaired) electrons. The molecule has 0 fully saturated rings. The first-order valence-corrected chi connectivity index (χ1v) is 17.6. The van der Waals surface area contributed by atoms with E-state index in [-0.39, 0.29) is 18.8 Å². The van der Waals surface area contributed by atoms with Gasteiger partial charge in [0.1, 0.15) is 29.8 Å². The highest BCUT2D eigenvalue weighted by Crippen LogP contribution is 2.29. The van der Waals surface area contributed by atoms with E-state index < -0.39 is 53.4 Å². The molecule has 278 valence electrons. The molecule has 0 bridgehead atoms. The van der Waals surface area contributed by atoms with Crippen LogP contribution in [-0.4, -0.2) is 68.8 Å².